The molecule has 2 rings (SSSR count). The number of halogens is 1. The van der Waals surface area contributed by atoms with E-state index in [0.717, 1.165) is 0 Å². The predicted octanol–water partition coefficient (Wildman–Crippen LogP) is 2.64. The summed E-state index contributed by atoms with van der Waals surface area (Å²) in [7, 11) is 0. The van der Waals surface area contributed by atoms with Crippen LogP contribution in [0.25, 0.3) is 0 Å². The minimum Gasteiger partial charge on any atom is -0.430 e. The summed E-state index contributed by atoms with van der Waals surface area (Å²) in [5, 5.41) is 22.6. The van der Waals surface area contributed by atoms with Crippen LogP contribution in [0.3, 0.4) is 0 Å². The first-order valence-corrected chi connectivity index (χ1v) is 6.37. The van der Waals surface area contributed by atoms with E-state index in [-0.39, 0.29) is 28.7 Å². The summed E-state index contributed by atoms with van der Waals surface area (Å²) in [6, 6.07) is 7.48. The quantitative estimate of drug-likeness (QED) is 0.286. The Hall–Kier alpha value is -2.68. The molecule has 1 heterocycles. The number of amidine groups is 1. The number of ether oxygens (including phenoxy) is 1. The highest BCUT2D eigenvalue weighted by Gasteiger charge is 2.21. The van der Waals surface area contributed by atoms with E-state index in [4.69, 9.17) is 15.7 Å². The highest BCUT2D eigenvalue weighted by molar-refractivity contribution is 9.10. The van der Waals surface area contributed by atoms with Crippen LogP contribution in [0.2, 0.25) is 0 Å². The number of nitrogens with zero attached hydrogens (tertiary/aromatic N) is 3. The topological polar surface area (TPSA) is 124 Å². The molecule has 0 unspecified atom stereocenters. The predicted molar refractivity (Wildman–Crippen MR) is 77.6 cm³/mol. The molecule has 9 heteroatoms. The van der Waals surface area contributed by atoms with E-state index in [1.807, 2.05) is 0 Å². The fourth-order valence-corrected chi connectivity index (χ4v) is 2.00. The summed E-state index contributed by atoms with van der Waals surface area (Å²) in [6.45, 7) is 0. The number of nitrogens with two attached hydrogens (primary N) is 1. The first-order chi connectivity index (χ1) is 10.0. The molecule has 1 aromatic heterocycles. The molecule has 0 atom stereocenters. The average Bonchev–Trinajstić information content (AvgIpc) is 2.48. The molecule has 0 aliphatic rings. The van der Waals surface area contributed by atoms with Crippen LogP contribution < -0.4 is 10.5 Å². The van der Waals surface area contributed by atoms with Crippen molar-refractivity contribution in [1.29, 1.82) is 0 Å². The average molecular weight is 353 g/mol. The SMILES string of the molecule is N/C(=N/O)c1cccnc1Oc1c(Br)cccc1[N+](=O)[O-]. The van der Waals surface area contributed by atoms with E-state index in [2.05, 4.69) is 26.1 Å². The minimum absolute atomic E-state index is 0.0113. The molecule has 0 aliphatic carbocycles. The van der Waals surface area contributed by atoms with Crippen molar-refractivity contribution >= 4 is 27.5 Å². The van der Waals surface area contributed by atoms with Crippen LogP contribution in [0.4, 0.5) is 5.69 Å². The standard InChI is InChI=1S/C12H9BrN4O4/c13-8-4-1-5-9(17(19)20)10(8)21-12-7(11(14)16-18)3-2-6-15-12/h1-6,18H,(H2,14,16). The summed E-state index contributed by atoms with van der Waals surface area (Å²) >= 11 is 3.18. The maximum Gasteiger partial charge on any atom is 0.312 e. The molecular weight excluding hydrogens is 344 g/mol. The van der Waals surface area contributed by atoms with Gasteiger partial charge in [0.15, 0.2) is 5.84 Å². The van der Waals surface area contributed by atoms with Gasteiger partial charge in [0.2, 0.25) is 11.6 Å². The highest BCUT2D eigenvalue weighted by atomic mass is 79.9. The molecular formula is C12H9BrN4O4. The van der Waals surface area contributed by atoms with E-state index >= 15 is 0 Å². The van der Waals surface area contributed by atoms with Crippen LogP contribution in [0.5, 0.6) is 11.6 Å². The molecule has 21 heavy (non-hydrogen) atoms. The number of nitro groups is 1. The lowest BCUT2D eigenvalue weighted by atomic mass is 10.2. The fourth-order valence-electron chi connectivity index (χ4n) is 1.56. The van der Waals surface area contributed by atoms with Crippen LogP contribution in [0, 0.1) is 10.1 Å². The molecule has 0 saturated heterocycles. The van der Waals surface area contributed by atoms with E-state index in [1.54, 1.807) is 12.1 Å². The summed E-state index contributed by atoms with van der Waals surface area (Å²) < 4.78 is 5.87. The van der Waals surface area contributed by atoms with Gasteiger partial charge in [-0.2, -0.15) is 0 Å². The number of para-hydroxylation sites is 1. The second kappa shape index (κ2) is 6.18. The zero-order valence-electron chi connectivity index (χ0n) is 10.4. The highest BCUT2D eigenvalue weighted by Crippen LogP contribution is 2.38. The van der Waals surface area contributed by atoms with Gasteiger partial charge in [-0.1, -0.05) is 11.2 Å². The number of pyridine rings is 1. The molecule has 2 aromatic rings. The van der Waals surface area contributed by atoms with Crippen LogP contribution in [-0.2, 0) is 0 Å². The number of oxime groups is 1. The first-order valence-electron chi connectivity index (χ1n) is 5.58. The number of aromatic nitrogens is 1. The smallest absolute Gasteiger partial charge is 0.312 e. The van der Waals surface area contributed by atoms with Gasteiger partial charge in [-0.3, -0.25) is 10.1 Å². The second-order valence-corrected chi connectivity index (χ2v) is 4.64. The maximum atomic E-state index is 11.0. The molecule has 0 saturated carbocycles. The molecule has 0 radical (unpaired) electrons. The minimum atomic E-state index is -0.577. The lowest BCUT2D eigenvalue weighted by Crippen LogP contribution is -2.14. The van der Waals surface area contributed by atoms with Crippen LogP contribution in [-0.4, -0.2) is 21.0 Å². The Morgan fingerprint density at radius 3 is 2.86 bits per heavy atom. The zero-order chi connectivity index (χ0) is 15.4. The number of hydrogen-bond acceptors (Lipinski definition) is 6. The fraction of sp³-hybridized carbons (Fsp3) is 0. The molecule has 0 spiro atoms. The largest absolute Gasteiger partial charge is 0.430 e. The molecule has 3 N–H and O–H groups in total. The van der Waals surface area contributed by atoms with Crippen molar-refractivity contribution in [3.8, 4) is 11.6 Å². The molecule has 8 nitrogen and oxygen atoms in total. The Kier molecular flexibility index (Phi) is 4.33. The normalized spacial score (nSPS) is 11.2. The summed E-state index contributed by atoms with van der Waals surface area (Å²) in [5.41, 5.74) is 5.50. The van der Waals surface area contributed by atoms with Crippen LogP contribution in [0.15, 0.2) is 46.2 Å². The molecule has 0 amide bonds. The van der Waals surface area contributed by atoms with Crippen LogP contribution >= 0.6 is 15.9 Å². The monoisotopic (exact) mass is 352 g/mol. The Labute approximate surface area is 127 Å². The zero-order valence-corrected chi connectivity index (χ0v) is 12.0. The van der Waals surface area contributed by atoms with E-state index in [9.17, 15) is 10.1 Å². The number of hydrogen-bond donors (Lipinski definition) is 2. The first kappa shape index (κ1) is 14.7. The summed E-state index contributed by atoms with van der Waals surface area (Å²) in [4.78, 5) is 14.4. The van der Waals surface area contributed by atoms with E-state index in [1.165, 1.54) is 24.4 Å². The Morgan fingerprint density at radius 1 is 1.43 bits per heavy atom. The summed E-state index contributed by atoms with van der Waals surface area (Å²) in [6.07, 6.45) is 1.42. The Balaban J connectivity index is 2.52. The van der Waals surface area contributed by atoms with E-state index in [0.29, 0.717) is 4.47 Å². The van der Waals surface area contributed by atoms with Gasteiger partial charge in [0, 0.05) is 12.3 Å². The lowest BCUT2D eigenvalue weighted by Gasteiger charge is -2.10. The van der Waals surface area contributed by atoms with Gasteiger partial charge in [-0.15, -0.1) is 0 Å². The van der Waals surface area contributed by atoms with Gasteiger partial charge in [-0.25, -0.2) is 4.98 Å². The third kappa shape index (κ3) is 3.08. The van der Waals surface area contributed by atoms with Crippen molar-refractivity contribution in [2.75, 3.05) is 0 Å². The van der Waals surface area contributed by atoms with E-state index < -0.39 is 4.92 Å². The van der Waals surface area contributed by atoms with Gasteiger partial charge in [0.25, 0.3) is 0 Å². The lowest BCUT2D eigenvalue weighted by molar-refractivity contribution is -0.385. The van der Waals surface area contributed by atoms with Crippen molar-refractivity contribution in [3.05, 3.63) is 56.7 Å². The molecule has 0 fully saturated rings. The van der Waals surface area contributed by atoms with Crippen molar-refractivity contribution in [2.24, 2.45) is 10.9 Å². The third-order valence-corrected chi connectivity index (χ3v) is 3.12. The van der Waals surface area contributed by atoms with Crippen molar-refractivity contribution in [1.82, 2.24) is 4.98 Å². The van der Waals surface area contributed by atoms with Crippen LogP contribution in [0.1, 0.15) is 5.56 Å². The number of nitro benzene ring substituents is 1. The van der Waals surface area contributed by atoms with Crippen molar-refractivity contribution in [3.63, 3.8) is 0 Å². The van der Waals surface area contributed by atoms with Crippen molar-refractivity contribution < 1.29 is 14.9 Å². The molecule has 108 valence electrons. The number of rotatable bonds is 4. The molecule has 0 aliphatic heterocycles. The number of benzene rings is 1. The molecule has 1 aromatic carbocycles. The molecule has 0 bridgehead atoms. The third-order valence-electron chi connectivity index (χ3n) is 2.50. The van der Waals surface area contributed by atoms with Crippen molar-refractivity contribution in [2.45, 2.75) is 0 Å². The van der Waals surface area contributed by atoms with Gasteiger partial charge < -0.3 is 15.7 Å². The van der Waals surface area contributed by atoms with Gasteiger partial charge in [0.05, 0.1) is 15.0 Å². The maximum absolute atomic E-state index is 11.0. The Morgan fingerprint density at radius 2 is 2.19 bits per heavy atom. The van der Waals surface area contributed by atoms with Gasteiger partial charge in [0.1, 0.15) is 0 Å². The summed E-state index contributed by atoms with van der Waals surface area (Å²) in [5.74, 6) is -0.246. The van der Waals surface area contributed by atoms with Gasteiger partial charge in [-0.05, 0) is 34.1 Å². The second-order valence-electron chi connectivity index (χ2n) is 3.79. The van der Waals surface area contributed by atoms with Gasteiger partial charge >= 0.3 is 5.69 Å². The Bertz CT molecular complexity index is 720.